The van der Waals surface area contributed by atoms with Crippen LogP contribution in [0.1, 0.15) is 40.3 Å². The molecule has 26 heavy (non-hydrogen) atoms. The molecule has 138 valence electrons. The van der Waals surface area contributed by atoms with Gasteiger partial charge in [0.25, 0.3) is 5.91 Å². The molecule has 0 N–H and O–H groups in total. The summed E-state index contributed by atoms with van der Waals surface area (Å²) in [4.78, 5) is 29.6. The number of rotatable bonds is 2. The molecule has 8 heteroatoms. The highest BCUT2D eigenvalue weighted by Gasteiger charge is 2.44. The Labute approximate surface area is 152 Å². The first-order valence-electron chi connectivity index (χ1n) is 8.87. The van der Waals surface area contributed by atoms with Crippen molar-refractivity contribution in [3.8, 4) is 0 Å². The van der Waals surface area contributed by atoms with Crippen LogP contribution in [0.5, 0.6) is 0 Å². The number of carbonyl (C=O) groups excluding carboxylic acids is 1. The van der Waals surface area contributed by atoms with E-state index in [4.69, 9.17) is 14.1 Å². The van der Waals surface area contributed by atoms with Crippen molar-refractivity contribution >= 4 is 11.9 Å². The van der Waals surface area contributed by atoms with Crippen LogP contribution < -0.4 is 4.90 Å². The van der Waals surface area contributed by atoms with E-state index < -0.39 is 5.60 Å². The van der Waals surface area contributed by atoms with E-state index in [9.17, 15) is 4.79 Å². The zero-order valence-corrected chi connectivity index (χ0v) is 15.4. The molecule has 2 aliphatic heterocycles. The summed E-state index contributed by atoms with van der Waals surface area (Å²) in [6.45, 7) is 3.63. The number of anilines is 1. The second kappa shape index (κ2) is 6.35. The van der Waals surface area contributed by atoms with Crippen LogP contribution in [0, 0.1) is 6.92 Å². The van der Waals surface area contributed by atoms with Gasteiger partial charge in [0.05, 0.1) is 18.0 Å². The van der Waals surface area contributed by atoms with Crippen LogP contribution in [0.3, 0.4) is 0 Å². The summed E-state index contributed by atoms with van der Waals surface area (Å²) in [5, 5.41) is 0. The zero-order valence-electron chi connectivity index (χ0n) is 15.4. The number of hydrogen-bond acceptors (Lipinski definition) is 7. The Hall–Kier alpha value is -2.48. The predicted molar refractivity (Wildman–Crippen MR) is 94.1 cm³/mol. The number of aromatic nitrogens is 3. The molecule has 2 aromatic rings. The van der Waals surface area contributed by atoms with Gasteiger partial charge in [0, 0.05) is 33.4 Å². The molecule has 0 radical (unpaired) electrons. The quantitative estimate of drug-likeness (QED) is 0.806. The lowest BCUT2D eigenvalue weighted by atomic mass is 9.83. The maximum Gasteiger partial charge on any atom is 0.291 e. The summed E-state index contributed by atoms with van der Waals surface area (Å²) < 4.78 is 11.5. The summed E-state index contributed by atoms with van der Waals surface area (Å²) in [6.07, 6.45) is 5.47. The molecule has 2 aliphatic rings. The number of carbonyl (C=O) groups is 1. The van der Waals surface area contributed by atoms with Gasteiger partial charge in [-0.1, -0.05) is 0 Å². The fourth-order valence-electron chi connectivity index (χ4n) is 3.72. The summed E-state index contributed by atoms with van der Waals surface area (Å²) in [7, 11) is 3.86. The molecule has 1 fully saturated rings. The van der Waals surface area contributed by atoms with Crippen LogP contribution in [-0.4, -0.2) is 59.6 Å². The Kier molecular flexibility index (Phi) is 4.14. The first kappa shape index (κ1) is 17.0. The van der Waals surface area contributed by atoms with Crippen LogP contribution in [-0.2, 0) is 16.8 Å². The third kappa shape index (κ3) is 2.74. The van der Waals surface area contributed by atoms with E-state index in [1.54, 1.807) is 6.92 Å². The number of fused-ring (bicyclic) bond motifs is 2. The first-order valence-corrected chi connectivity index (χ1v) is 8.87. The lowest BCUT2D eigenvalue weighted by Crippen LogP contribution is -2.49. The highest BCUT2D eigenvalue weighted by Crippen LogP contribution is 2.41. The minimum atomic E-state index is -0.436. The molecule has 8 nitrogen and oxygen atoms in total. The summed E-state index contributed by atoms with van der Waals surface area (Å²) in [6, 6.07) is 0. The number of likely N-dealkylation sites (tertiary alicyclic amines) is 1. The summed E-state index contributed by atoms with van der Waals surface area (Å²) in [5.74, 6) is 0.898. The molecule has 1 saturated heterocycles. The van der Waals surface area contributed by atoms with E-state index >= 15 is 0 Å². The topological polar surface area (TPSA) is 84.6 Å². The highest BCUT2D eigenvalue weighted by atomic mass is 16.5. The van der Waals surface area contributed by atoms with Gasteiger partial charge in [0.1, 0.15) is 5.60 Å². The van der Waals surface area contributed by atoms with E-state index in [1.165, 1.54) is 6.39 Å². The molecule has 0 aliphatic carbocycles. The Morgan fingerprint density at radius 3 is 2.69 bits per heavy atom. The number of nitrogens with zero attached hydrogens (tertiary/aromatic N) is 5. The number of oxazole rings is 1. The second-order valence-corrected chi connectivity index (χ2v) is 7.09. The van der Waals surface area contributed by atoms with Crippen molar-refractivity contribution < 1.29 is 13.9 Å². The van der Waals surface area contributed by atoms with Crippen LogP contribution >= 0.6 is 0 Å². The smallest absolute Gasteiger partial charge is 0.291 e. The molecule has 1 spiro atoms. The van der Waals surface area contributed by atoms with Gasteiger partial charge in [-0.25, -0.2) is 15.0 Å². The first-order chi connectivity index (χ1) is 12.5. The number of hydrogen-bond donors (Lipinski definition) is 0. The number of amides is 1. The normalized spacial score (nSPS) is 18.7. The van der Waals surface area contributed by atoms with Gasteiger partial charge in [-0.2, -0.15) is 0 Å². The highest BCUT2D eigenvalue weighted by molar-refractivity contribution is 5.92. The van der Waals surface area contributed by atoms with E-state index in [-0.39, 0.29) is 5.91 Å². The van der Waals surface area contributed by atoms with Crippen molar-refractivity contribution in [2.45, 2.75) is 31.8 Å². The summed E-state index contributed by atoms with van der Waals surface area (Å²) in [5.41, 5.74) is 2.31. The van der Waals surface area contributed by atoms with Crippen LogP contribution in [0.15, 0.2) is 17.0 Å². The maximum absolute atomic E-state index is 12.7. The molecular weight excluding hydrogens is 334 g/mol. The average Bonchev–Trinajstić information content (AvgIpc) is 3.08. The average molecular weight is 357 g/mol. The Morgan fingerprint density at radius 2 is 2.04 bits per heavy atom. The minimum absolute atomic E-state index is 0.109. The third-order valence-electron chi connectivity index (χ3n) is 5.23. The van der Waals surface area contributed by atoms with Gasteiger partial charge in [-0.3, -0.25) is 4.79 Å². The Morgan fingerprint density at radius 1 is 1.27 bits per heavy atom. The molecule has 0 unspecified atom stereocenters. The van der Waals surface area contributed by atoms with E-state index in [1.807, 2.05) is 30.1 Å². The molecule has 4 rings (SSSR count). The number of aryl methyl sites for hydroxylation is 1. The van der Waals surface area contributed by atoms with Crippen molar-refractivity contribution in [1.82, 2.24) is 19.9 Å². The van der Waals surface area contributed by atoms with Crippen molar-refractivity contribution in [2.75, 3.05) is 38.7 Å². The Bertz CT molecular complexity index is 824. The van der Waals surface area contributed by atoms with Crippen LogP contribution in [0.4, 0.5) is 5.95 Å². The number of piperidine rings is 1. The molecule has 0 bridgehead atoms. The van der Waals surface area contributed by atoms with Crippen molar-refractivity contribution in [2.24, 2.45) is 0 Å². The SMILES string of the molecule is Cc1ncoc1C(=O)N1CCC2(CC1)OCCc1cnc(N(C)C)nc12. The molecular formula is C18H23N5O3. The Balaban J connectivity index is 1.57. The molecule has 4 heterocycles. The van der Waals surface area contributed by atoms with Gasteiger partial charge < -0.3 is 19.0 Å². The fraction of sp³-hybridized carbons (Fsp3) is 0.556. The minimum Gasteiger partial charge on any atom is -0.438 e. The van der Waals surface area contributed by atoms with Gasteiger partial charge in [-0.05, 0) is 31.7 Å². The monoisotopic (exact) mass is 357 g/mol. The molecule has 0 atom stereocenters. The van der Waals surface area contributed by atoms with Crippen LogP contribution in [0.2, 0.25) is 0 Å². The van der Waals surface area contributed by atoms with Gasteiger partial charge in [0.15, 0.2) is 6.39 Å². The molecule has 1 amide bonds. The largest absolute Gasteiger partial charge is 0.438 e. The van der Waals surface area contributed by atoms with Crippen molar-refractivity contribution in [3.63, 3.8) is 0 Å². The second-order valence-electron chi connectivity index (χ2n) is 7.09. The zero-order chi connectivity index (χ0) is 18.3. The van der Waals surface area contributed by atoms with E-state index in [0.29, 0.717) is 49.9 Å². The lowest BCUT2D eigenvalue weighted by molar-refractivity contribution is -0.0968. The standard InChI is InChI=1S/C18H23N5O3/c1-12-14(25-11-20-12)16(24)23-7-5-18(6-8-23)15-13(4-9-26-18)10-19-17(21-15)22(2)3/h10-11H,4-9H2,1-3H3. The third-order valence-corrected chi connectivity index (χ3v) is 5.23. The van der Waals surface area contributed by atoms with E-state index in [2.05, 4.69) is 9.97 Å². The molecule has 0 aromatic carbocycles. The fourth-order valence-corrected chi connectivity index (χ4v) is 3.72. The van der Waals surface area contributed by atoms with Gasteiger partial charge in [0.2, 0.25) is 11.7 Å². The van der Waals surface area contributed by atoms with Crippen LogP contribution in [0.25, 0.3) is 0 Å². The number of ether oxygens (including phenoxy) is 1. The van der Waals surface area contributed by atoms with E-state index in [0.717, 1.165) is 17.7 Å². The maximum atomic E-state index is 12.7. The van der Waals surface area contributed by atoms with Gasteiger partial charge in [-0.15, -0.1) is 0 Å². The van der Waals surface area contributed by atoms with Gasteiger partial charge >= 0.3 is 0 Å². The summed E-state index contributed by atoms with van der Waals surface area (Å²) >= 11 is 0. The lowest BCUT2D eigenvalue weighted by Gasteiger charge is -2.44. The molecule has 0 saturated carbocycles. The van der Waals surface area contributed by atoms with Crippen molar-refractivity contribution in [1.29, 1.82) is 0 Å². The molecule has 2 aromatic heterocycles. The van der Waals surface area contributed by atoms with Crippen molar-refractivity contribution in [3.05, 3.63) is 35.3 Å². The predicted octanol–water partition coefficient (Wildman–Crippen LogP) is 1.54.